The molecule has 14 heavy (non-hydrogen) atoms. The molecular weight excluding hydrogens is 230 g/mol. The highest BCUT2D eigenvalue weighted by Crippen LogP contribution is 2.27. The van der Waals surface area contributed by atoms with Gasteiger partial charge in [-0.25, -0.2) is 13.1 Å². The van der Waals surface area contributed by atoms with Gasteiger partial charge < -0.3 is 4.74 Å². The van der Waals surface area contributed by atoms with Gasteiger partial charge in [-0.3, -0.25) is 4.79 Å². The monoisotopic (exact) mass is 241 g/mol. The van der Waals surface area contributed by atoms with Crippen LogP contribution in [-0.2, 0) is 19.6 Å². The van der Waals surface area contributed by atoms with Crippen molar-refractivity contribution in [3.8, 4) is 0 Å². The Labute approximate surface area is 87.8 Å². The van der Waals surface area contributed by atoms with E-state index in [0.29, 0.717) is 12.8 Å². The topological polar surface area (TPSA) is 72.5 Å². The third kappa shape index (κ3) is 3.11. The summed E-state index contributed by atoms with van der Waals surface area (Å²) in [6.45, 7) is -0.118. The Morgan fingerprint density at radius 2 is 2.21 bits per heavy atom. The lowest BCUT2D eigenvalue weighted by atomic mass is 10.4. The van der Waals surface area contributed by atoms with E-state index in [-0.39, 0.29) is 11.8 Å². The van der Waals surface area contributed by atoms with Crippen molar-refractivity contribution in [2.75, 3.05) is 13.7 Å². The number of alkyl halides is 1. The van der Waals surface area contributed by atoms with Crippen molar-refractivity contribution >= 4 is 27.6 Å². The Morgan fingerprint density at radius 3 is 2.64 bits per heavy atom. The van der Waals surface area contributed by atoms with Crippen molar-refractivity contribution < 1.29 is 17.9 Å². The van der Waals surface area contributed by atoms with Crippen molar-refractivity contribution in [1.29, 1.82) is 0 Å². The lowest BCUT2D eigenvalue weighted by Gasteiger charge is -2.08. The van der Waals surface area contributed by atoms with Gasteiger partial charge in [0.1, 0.15) is 5.38 Å². The number of carbonyl (C=O) groups excluding carboxylic acids is 1. The van der Waals surface area contributed by atoms with Crippen LogP contribution in [0.1, 0.15) is 12.8 Å². The minimum absolute atomic E-state index is 0.118. The number of hydrogen-bond donors (Lipinski definition) is 1. The van der Waals surface area contributed by atoms with E-state index in [1.54, 1.807) is 0 Å². The summed E-state index contributed by atoms with van der Waals surface area (Å²) >= 11 is 5.56. The molecule has 0 aromatic heterocycles. The van der Waals surface area contributed by atoms with Crippen molar-refractivity contribution in [3.63, 3.8) is 0 Å². The molecular formula is C7H12ClNO4S. The Kier molecular flexibility index (Phi) is 3.74. The highest BCUT2D eigenvalue weighted by molar-refractivity contribution is 7.90. The summed E-state index contributed by atoms with van der Waals surface area (Å²) < 4.78 is 29.2. The molecule has 5 nitrogen and oxygen atoms in total. The molecule has 0 aromatic rings. The predicted octanol–water partition coefficient (Wildman–Crippen LogP) is -0.151. The summed E-state index contributed by atoms with van der Waals surface area (Å²) in [4.78, 5) is 10.8. The zero-order chi connectivity index (χ0) is 10.8. The van der Waals surface area contributed by atoms with Gasteiger partial charge in [0.2, 0.25) is 10.0 Å². The van der Waals surface area contributed by atoms with E-state index in [0.717, 1.165) is 0 Å². The van der Waals surface area contributed by atoms with E-state index in [4.69, 9.17) is 11.6 Å². The van der Waals surface area contributed by atoms with Crippen LogP contribution >= 0.6 is 11.6 Å². The SMILES string of the molecule is COC(=O)C(Cl)CNS(=O)(=O)C1CC1. The number of esters is 1. The van der Waals surface area contributed by atoms with Gasteiger partial charge in [-0.1, -0.05) is 0 Å². The number of nitrogens with one attached hydrogen (secondary N) is 1. The minimum atomic E-state index is -3.27. The van der Waals surface area contributed by atoms with Crippen LogP contribution in [0, 0.1) is 0 Å². The first-order valence-electron chi connectivity index (χ1n) is 4.17. The van der Waals surface area contributed by atoms with Gasteiger partial charge in [-0.2, -0.15) is 0 Å². The second-order valence-electron chi connectivity index (χ2n) is 3.08. The summed E-state index contributed by atoms with van der Waals surface area (Å²) in [6.07, 6.45) is 1.36. The molecule has 0 radical (unpaired) electrons. The van der Waals surface area contributed by atoms with Gasteiger partial charge in [0, 0.05) is 6.54 Å². The quantitative estimate of drug-likeness (QED) is 0.537. The number of halogens is 1. The van der Waals surface area contributed by atoms with Gasteiger partial charge in [-0.05, 0) is 12.8 Å². The zero-order valence-corrected chi connectivity index (χ0v) is 9.27. The molecule has 0 spiro atoms. The molecule has 1 unspecified atom stereocenters. The van der Waals surface area contributed by atoms with Gasteiger partial charge >= 0.3 is 5.97 Å². The maximum absolute atomic E-state index is 11.3. The Hall–Kier alpha value is -0.330. The average molecular weight is 242 g/mol. The molecule has 1 N–H and O–H groups in total. The van der Waals surface area contributed by atoms with Crippen molar-refractivity contribution in [3.05, 3.63) is 0 Å². The summed E-state index contributed by atoms with van der Waals surface area (Å²) in [5.74, 6) is -0.634. The molecule has 0 amide bonds. The summed E-state index contributed by atoms with van der Waals surface area (Å²) in [5, 5.41) is -1.27. The molecule has 0 aromatic carbocycles. The van der Waals surface area contributed by atoms with Crippen molar-refractivity contribution in [2.45, 2.75) is 23.5 Å². The highest BCUT2D eigenvalue weighted by Gasteiger charge is 2.36. The van der Waals surface area contributed by atoms with Gasteiger partial charge in [0.15, 0.2) is 0 Å². The Balaban J connectivity index is 2.36. The molecule has 7 heteroatoms. The Bertz CT molecular complexity index is 312. The van der Waals surface area contributed by atoms with Crippen LogP contribution in [0.2, 0.25) is 0 Å². The van der Waals surface area contributed by atoms with Crippen LogP contribution in [0.5, 0.6) is 0 Å². The lowest BCUT2D eigenvalue weighted by molar-refractivity contribution is -0.140. The van der Waals surface area contributed by atoms with Crippen LogP contribution in [0.15, 0.2) is 0 Å². The van der Waals surface area contributed by atoms with Crippen LogP contribution in [-0.4, -0.2) is 38.7 Å². The lowest BCUT2D eigenvalue weighted by Crippen LogP contribution is -2.35. The van der Waals surface area contributed by atoms with E-state index >= 15 is 0 Å². The van der Waals surface area contributed by atoms with E-state index in [1.165, 1.54) is 7.11 Å². The smallest absolute Gasteiger partial charge is 0.325 e. The molecule has 0 heterocycles. The van der Waals surface area contributed by atoms with E-state index < -0.39 is 21.4 Å². The standard InChI is InChI=1S/C7H12ClNO4S/c1-13-7(10)6(8)4-9-14(11,12)5-2-3-5/h5-6,9H,2-4H2,1H3. The molecule has 1 rings (SSSR count). The van der Waals surface area contributed by atoms with Gasteiger partial charge in [-0.15, -0.1) is 11.6 Å². The van der Waals surface area contributed by atoms with Crippen LogP contribution < -0.4 is 4.72 Å². The maximum Gasteiger partial charge on any atom is 0.325 e. The summed E-state index contributed by atoms with van der Waals surface area (Å²) in [5.41, 5.74) is 0. The first kappa shape index (κ1) is 11.7. The molecule has 1 atom stereocenters. The second-order valence-corrected chi connectivity index (χ2v) is 5.66. The summed E-state index contributed by atoms with van der Waals surface area (Å²) in [6, 6.07) is 0. The number of methoxy groups -OCH3 is 1. The molecule has 0 aliphatic heterocycles. The van der Waals surface area contributed by atoms with Crippen molar-refractivity contribution in [2.24, 2.45) is 0 Å². The maximum atomic E-state index is 11.3. The predicted molar refractivity (Wildman–Crippen MR) is 51.6 cm³/mol. The van der Waals surface area contributed by atoms with Gasteiger partial charge in [0.05, 0.1) is 12.4 Å². The van der Waals surface area contributed by atoms with Gasteiger partial charge in [0.25, 0.3) is 0 Å². The number of hydrogen-bond acceptors (Lipinski definition) is 4. The largest absolute Gasteiger partial charge is 0.468 e. The third-order valence-electron chi connectivity index (χ3n) is 1.88. The van der Waals surface area contributed by atoms with Crippen LogP contribution in [0.4, 0.5) is 0 Å². The van der Waals surface area contributed by atoms with Crippen LogP contribution in [0.25, 0.3) is 0 Å². The molecule has 0 saturated heterocycles. The van der Waals surface area contributed by atoms with E-state index in [9.17, 15) is 13.2 Å². The fraction of sp³-hybridized carbons (Fsp3) is 0.857. The van der Waals surface area contributed by atoms with E-state index in [2.05, 4.69) is 9.46 Å². The first-order chi connectivity index (χ1) is 6.47. The normalized spacial score (nSPS) is 19.0. The van der Waals surface area contributed by atoms with Crippen LogP contribution in [0.3, 0.4) is 0 Å². The highest BCUT2D eigenvalue weighted by atomic mass is 35.5. The van der Waals surface area contributed by atoms with Crippen molar-refractivity contribution in [1.82, 2.24) is 4.72 Å². The number of ether oxygens (including phenoxy) is 1. The molecule has 1 saturated carbocycles. The molecule has 1 fully saturated rings. The molecule has 82 valence electrons. The number of sulfonamides is 1. The fourth-order valence-electron chi connectivity index (χ4n) is 0.897. The first-order valence-corrected chi connectivity index (χ1v) is 6.16. The second kappa shape index (κ2) is 4.46. The minimum Gasteiger partial charge on any atom is -0.468 e. The van der Waals surface area contributed by atoms with E-state index in [1.807, 2.05) is 0 Å². The number of rotatable bonds is 5. The molecule has 1 aliphatic rings. The summed E-state index contributed by atoms with van der Waals surface area (Å²) in [7, 11) is -2.06. The molecule has 0 bridgehead atoms. The number of carbonyl (C=O) groups is 1. The third-order valence-corrected chi connectivity index (χ3v) is 4.13. The average Bonchev–Trinajstić information content (AvgIpc) is 2.96. The Morgan fingerprint density at radius 1 is 1.64 bits per heavy atom. The fourth-order valence-corrected chi connectivity index (χ4v) is 2.55. The molecule has 1 aliphatic carbocycles. The zero-order valence-electron chi connectivity index (χ0n) is 7.70.